The lowest BCUT2D eigenvalue weighted by Gasteiger charge is -2.43. The molecule has 0 aliphatic heterocycles. The molecule has 0 aromatic carbocycles. The molecule has 0 aromatic rings. The van der Waals surface area contributed by atoms with Crippen LogP contribution in [-0.4, -0.2) is 11.2 Å². The SMILES string of the molecule is C[C@H]1[C@@H](O)[C@H]2CC=C[C@@H]12. The molecule has 4 atom stereocenters. The van der Waals surface area contributed by atoms with Crippen LogP contribution < -0.4 is 0 Å². The van der Waals surface area contributed by atoms with E-state index < -0.39 is 0 Å². The quantitative estimate of drug-likeness (QED) is 0.481. The van der Waals surface area contributed by atoms with Crippen LogP contribution in [0.3, 0.4) is 0 Å². The van der Waals surface area contributed by atoms with Gasteiger partial charge >= 0.3 is 0 Å². The van der Waals surface area contributed by atoms with Crippen LogP contribution in [0.15, 0.2) is 12.2 Å². The molecule has 1 saturated carbocycles. The van der Waals surface area contributed by atoms with Gasteiger partial charge in [0.1, 0.15) is 0 Å². The maximum atomic E-state index is 9.35. The zero-order valence-electron chi connectivity index (χ0n) is 5.62. The van der Waals surface area contributed by atoms with Gasteiger partial charge in [0.15, 0.2) is 0 Å². The van der Waals surface area contributed by atoms with Gasteiger partial charge in [0, 0.05) is 0 Å². The lowest BCUT2D eigenvalue weighted by atomic mass is 9.65. The molecule has 0 spiro atoms. The molecule has 0 heterocycles. The molecule has 0 radical (unpaired) electrons. The second-order valence-electron chi connectivity index (χ2n) is 3.25. The molecule has 0 amide bonds. The molecule has 2 aliphatic rings. The molecule has 9 heavy (non-hydrogen) atoms. The van der Waals surface area contributed by atoms with Gasteiger partial charge in [0.2, 0.25) is 0 Å². The van der Waals surface area contributed by atoms with Crippen LogP contribution in [0.25, 0.3) is 0 Å². The maximum absolute atomic E-state index is 9.35. The largest absolute Gasteiger partial charge is 0.393 e. The summed E-state index contributed by atoms with van der Waals surface area (Å²) in [6.45, 7) is 2.13. The first kappa shape index (κ1) is 5.48. The molecule has 1 nitrogen and oxygen atoms in total. The molecule has 0 saturated heterocycles. The van der Waals surface area contributed by atoms with Crippen molar-refractivity contribution in [3.05, 3.63) is 12.2 Å². The number of allylic oxidation sites excluding steroid dienone is 2. The van der Waals surface area contributed by atoms with Gasteiger partial charge in [-0.05, 0) is 24.2 Å². The topological polar surface area (TPSA) is 20.2 Å². The zero-order chi connectivity index (χ0) is 6.43. The second kappa shape index (κ2) is 1.60. The fourth-order valence-corrected chi connectivity index (χ4v) is 2.10. The van der Waals surface area contributed by atoms with Crippen molar-refractivity contribution < 1.29 is 5.11 Å². The van der Waals surface area contributed by atoms with Crippen molar-refractivity contribution in [1.29, 1.82) is 0 Å². The summed E-state index contributed by atoms with van der Waals surface area (Å²) in [5, 5.41) is 9.35. The van der Waals surface area contributed by atoms with Crippen molar-refractivity contribution in [3.8, 4) is 0 Å². The smallest absolute Gasteiger partial charge is 0.0608 e. The predicted molar refractivity (Wildman–Crippen MR) is 35.9 cm³/mol. The van der Waals surface area contributed by atoms with Gasteiger partial charge < -0.3 is 5.11 Å². The van der Waals surface area contributed by atoms with E-state index in [0.717, 1.165) is 6.42 Å². The summed E-state index contributed by atoms with van der Waals surface area (Å²) in [5.41, 5.74) is 0. The summed E-state index contributed by atoms with van der Waals surface area (Å²) < 4.78 is 0. The van der Waals surface area contributed by atoms with Crippen molar-refractivity contribution in [3.63, 3.8) is 0 Å². The molecule has 2 aliphatic carbocycles. The Balaban J connectivity index is 2.12. The highest BCUT2D eigenvalue weighted by molar-refractivity contribution is 5.13. The molecule has 1 heteroatoms. The van der Waals surface area contributed by atoms with Crippen LogP contribution in [0, 0.1) is 17.8 Å². The van der Waals surface area contributed by atoms with E-state index in [4.69, 9.17) is 0 Å². The van der Waals surface area contributed by atoms with Gasteiger partial charge in [0.25, 0.3) is 0 Å². The monoisotopic (exact) mass is 124 g/mol. The van der Waals surface area contributed by atoms with Crippen LogP contribution in [-0.2, 0) is 0 Å². The molecular weight excluding hydrogens is 112 g/mol. The van der Waals surface area contributed by atoms with E-state index in [1.807, 2.05) is 0 Å². The number of fused-ring (bicyclic) bond motifs is 1. The Bertz CT molecular complexity index is 151. The van der Waals surface area contributed by atoms with Crippen molar-refractivity contribution >= 4 is 0 Å². The minimum Gasteiger partial charge on any atom is -0.393 e. The molecule has 50 valence electrons. The standard InChI is InChI=1S/C8H12O/c1-5-6-3-2-4-7(6)8(5)9/h2-3,5-9H,4H2,1H3/t5-,6+,7+,8-/m1/s1. The van der Waals surface area contributed by atoms with Crippen molar-refractivity contribution in [2.24, 2.45) is 17.8 Å². The van der Waals surface area contributed by atoms with E-state index in [1.54, 1.807) is 0 Å². The number of aliphatic hydroxyl groups excluding tert-OH is 1. The first-order valence-corrected chi connectivity index (χ1v) is 3.65. The summed E-state index contributed by atoms with van der Waals surface area (Å²) in [4.78, 5) is 0. The Labute approximate surface area is 55.4 Å². The van der Waals surface area contributed by atoms with Gasteiger partial charge in [-0.25, -0.2) is 0 Å². The second-order valence-corrected chi connectivity index (χ2v) is 3.25. The molecule has 1 N–H and O–H groups in total. The average Bonchev–Trinajstić information content (AvgIpc) is 2.30. The Kier molecular flexibility index (Phi) is 0.974. The van der Waals surface area contributed by atoms with Gasteiger partial charge in [-0.15, -0.1) is 0 Å². The minimum absolute atomic E-state index is 0.00926. The van der Waals surface area contributed by atoms with E-state index in [9.17, 15) is 5.11 Å². The molecule has 2 rings (SSSR count). The Hall–Kier alpha value is -0.300. The highest BCUT2D eigenvalue weighted by atomic mass is 16.3. The van der Waals surface area contributed by atoms with Gasteiger partial charge in [-0.2, -0.15) is 0 Å². The van der Waals surface area contributed by atoms with E-state index in [1.165, 1.54) is 0 Å². The normalized spacial score (nSPS) is 54.9. The van der Waals surface area contributed by atoms with Gasteiger partial charge in [-0.1, -0.05) is 19.1 Å². The third-order valence-electron chi connectivity index (χ3n) is 2.85. The summed E-state index contributed by atoms with van der Waals surface area (Å²) in [7, 11) is 0. The Morgan fingerprint density at radius 2 is 2.33 bits per heavy atom. The fourth-order valence-electron chi connectivity index (χ4n) is 2.10. The summed E-state index contributed by atoms with van der Waals surface area (Å²) in [5.74, 6) is 1.81. The van der Waals surface area contributed by atoms with Crippen molar-refractivity contribution in [1.82, 2.24) is 0 Å². The Morgan fingerprint density at radius 3 is 3.00 bits per heavy atom. The zero-order valence-corrected chi connectivity index (χ0v) is 5.62. The predicted octanol–water partition coefficient (Wildman–Crippen LogP) is 1.19. The number of hydrogen-bond acceptors (Lipinski definition) is 1. The average molecular weight is 124 g/mol. The highest BCUT2D eigenvalue weighted by Gasteiger charge is 2.46. The third kappa shape index (κ3) is 0.531. The van der Waals surface area contributed by atoms with Gasteiger partial charge in [-0.3, -0.25) is 0 Å². The molecule has 0 aromatic heterocycles. The molecular formula is C8H12O. The summed E-state index contributed by atoms with van der Waals surface area (Å²) in [6.07, 6.45) is 5.55. The highest BCUT2D eigenvalue weighted by Crippen LogP contribution is 2.46. The van der Waals surface area contributed by atoms with E-state index in [-0.39, 0.29) is 6.10 Å². The van der Waals surface area contributed by atoms with E-state index in [0.29, 0.717) is 17.8 Å². The lowest BCUT2D eigenvalue weighted by Crippen LogP contribution is -2.46. The fraction of sp³-hybridized carbons (Fsp3) is 0.750. The van der Waals surface area contributed by atoms with E-state index >= 15 is 0 Å². The van der Waals surface area contributed by atoms with Crippen LogP contribution in [0.5, 0.6) is 0 Å². The number of rotatable bonds is 0. The van der Waals surface area contributed by atoms with Crippen molar-refractivity contribution in [2.45, 2.75) is 19.4 Å². The van der Waals surface area contributed by atoms with E-state index in [2.05, 4.69) is 19.1 Å². The molecule has 0 bridgehead atoms. The van der Waals surface area contributed by atoms with Crippen LogP contribution in [0.2, 0.25) is 0 Å². The Morgan fingerprint density at radius 1 is 1.56 bits per heavy atom. The summed E-state index contributed by atoms with van der Waals surface area (Å²) >= 11 is 0. The first-order valence-electron chi connectivity index (χ1n) is 3.65. The number of aliphatic hydroxyl groups is 1. The van der Waals surface area contributed by atoms with Crippen LogP contribution in [0.4, 0.5) is 0 Å². The molecule has 0 unspecified atom stereocenters. The minimum atomic E-state index is -0.00926. The summed E-state index contributed by atoms with van der Waals surface area (Å²) in [6, 6.07) is 0. The molecule has 1 fully saturated rings. The van der Waals surface area contributed by atoms with Crippen LogP contribution >= 0.6 is 0 Å². The lowest BCUT2D eigenvalue weighted by molar-refractivity contribution is -0.0630. The first-order chi connectivity index (χ1) is 4.30. The number of hydrogen-bond donors (Lipinski definition) is 1. The van der Waals surface area contributed by atoms with Gasteiger partial charge in [0.05, 0.1) is 6.10 Å². The van der Waals surface area contributed by atoms with Crippen molar-refractivity contribution in [2.75, 3.05) is 0 Å². The maximum Gasteiger partial charge on any atom is 0.0608 e. The third-order valence-corrected chi connectivity index (χ3v) is 2.85. The van der Waals surface area contributed by atoms with Crippen LogP contribution in [0.1, 0.15) is 13.3 Å².